The highest BCUT2D eigenvalue weighted by molar-refractivity contribution is 5.94. The van der Waals surface area contributed by atoms with Crippen molar-refractivity contribution in [3.05, 3.63) is 96.6 Å². The molecule has 1 fully saturated rings. The largest absolute Gasteiger partial charge is 0.353 e. The van der Waals surface area contributed by atoms with E-state index in [0.717, 1.165) is 30.2 Å². The number of amides is 1. The van der Waals surface area contributed by atoms with Crippen molar-refractivity contribution in [2.45, 2.75) is 6.54 Å². The van der Waals surface area contributed by atoms with Gasteiger partial charge in [0, 0.05) is 50.3 Å². The Labute approximate surface area is 187 Å². The van der Waals surface area contributed by atoms with Crippen LogP contribution in [0.25, 0.3) is 11.3 Å². The van der Waals surface area contributed by atoms with Crippen LogP contribution in [0.2, 0.25) is 0 Å². The van der Waals surface area contributed by atoms with E-state index in [9.17, 15) is 4.79 Å². The zero-order chi connectivity index (χ0) is 21.8. The van der Waals surface area contributed by atoms with Gasteiger partial charge in [0.2, 0.25) is 0 Å². The molecule has 0 unspecified atom stereocenters. The summed E-state index contributed by atoms with van der Waals surface area (Å²) in [6.07, 6.45) is 7.25. The van der Waals surface area contributed by atoms with Crippen LogP contribution in [0.3, 0.4) is 0 Å². The van der Waals surface area contributed by atoms with Gasteiger partial charge < -0.3 is 9.80 Å². The Morgan fingerprint density at radius 2 is 1.66 bits per heavy atom. The third-order valence-electron chi connectivity index (χ3n) is 5.67. The number of hydrogen-bond donors (Lipinski definition) is 0. The van der Waals surface area contributed by atoms with Gasteiger partial charge in [-0.1, -0.05) is 36.4 Å². The number of aromatic nitrogens is 4. The third kappa shape index (κ3) is 4.37. The van der Waals surface area contributed by atoms with Crippen molar-refractivity contribution in [1.29, 1.82) is 0 Å². The summed E-state index contributed by atoms with van der Waals surface area (Å²) in [6, 6.07) is 19.9. The summed E-state index contributed by atoms with van der Waals surface area (Å²) in [5.74, 6) is 0.975. The maximum atomic E-state index is 12.9. The first-order valence-corrected chi connectivity index (χ1v) is 10.7. The van der Waals surface area contributed by atoms with E-state index in [4.69, 9.17) is 0 Å². The molecule has 5 rings (SSSR count). The van der Waals surface area contributed by atoms with Crippen LogP contribution in [0.5, 0.6) is 0 Å². The molecule has 7 heteroatoms. The lowest BCUT2D eigenvalue weighted by Gasteiger charge is -2.35. The fourth-order valence-corrected chi connectivity index (χ4v) is 3.91. The summed E-state index contributed by atoms with van der Waals surface area (Å²) in [7, 11) is 0. The smallest absolute Gasteiger partial charge is 0.255 e. The van der Waals surface area contributed by atoms with Gasteiger partial charge in [0.1, 0.15) is 5.82 Å². The van der Waals surface area contributed by atoms with E-state index in [2.05, 4.69) is 32.1 Å². The number of hydrogen-bond acceptors (Lipinski definition) is 5. The summed E-state index contributed by atoms with van der Waals surface area (Å²) in [5.41, 5.74) is 3.54. The highest BCUT2D eigenvalue weighted by atomic mass is 16.2. The third-order valence-corrected chi connectivity index (χ3v) is 5.67. The molecule has 0 spiro atoms. The molecule has 32 heavy (non-hydrogen) atoms. The zero-order valence-electron chi connectivity index (χ0n) is 17.7. The minimum atomic E-state index is 0.0180. The molecule has 1 saturated heterocycles. The van der Waals surface area contributed by atoms with Crippen LogP contribution >= 0.6 is 0 Å². The molecule has 1 aliphatic heterocycles. The van der Waals surface area contributed by atoms with Crippen molar-refractivity contribution in [2.75, 3.05) is 31.1 Å². The summed E-state index contributed by atoms with van der Waals surface area (Å²) in [4.78, 5) is 25.9. The normalized spacial score (nSPS) is 13.9. The Hall–Kier alpha value is -4.00. The van der Waals surface area contributed by atoms with Gasteiger partial charge in [-0.25, -0.2) is 4.98 Å². The lowest BCUT2D eigenvalue weighted by atomic mass is 10.1. The Morgan fingerprint density at radius 3 is 2.38 bits per heavy atom. The standard InChI is InChI=1S/C25H24N6O/c32-25(30-14-12-29(13-15-30)24-8-4-5-11-26-24)21-9-10-23(27-16-21)22-17-28-31(19-22)18-20-6-2-1-3-7-20/h1-11,16-17,19H,12-15,18H2. The second-order valence-corrected chi connectivity index (χ2v) is 7.81. The predicted molar refractivity (Wildman–Crippen MR) is 123 cm³/mol. The molecule has 160 valence electrons. The number of benzene rings is 1. The van der Waals surface area contributed by atoms with E-state index in [1.54, 1.807) is 12.4 Å². The van der Waals surface area contributed by atoms with Gasteiger partial charge in [-0.05, 0) is 29.8 Å². The van der Waals surface area contributed by atoms with Crippen LogP contribution in [0.4, 0.5) is 5.82 Å². The summed E-state index contributed by atoms with van der Waals surface area (Å²) in [6.45, 7) is 3.60. The average molecular weight is 425 g/mol. The van der Waals surface area contributed by atoms with Crippen LogP contribution in [0.15, 0.2) is 85.5 Å². The Balaban J connectivity index is 1.21. The predicted octanol–water partition coefficient (Wildman–Crippen LogP) is 3.35. The number of carbonyl (C=O) groups excluding carboxylic acids is 1. The summed E-state index contributed by atoms with van der Waals surface area (Å²) < 4.78 is 1.90. The molecule has 1 aliphatic rings. The highest BCUT2D eigenvalue weighted by Crippen LogP contribution is 2.19. The number of piperazine rings is 1. The lowest BCUT2D eigenvalue weighted by molar-refractivity contribution is 0.0746. The number of anilines is 1. The second-order valence-electron chi connectivity index (χ2n) is 7.81. The molecule has 1 amide bonds. The lowest BCUT2D eigenvalue weighted by Crippen LogP contribution is -2.49. The van der Waals surface area contributed by atoms with Gasteiger partial charge in [0.05, 0.1) is 24.0 Å². The van der Waals surface area contributed by atoms with E-state index in [-0.39, 0.29) is 5.91 Å². The summed E-state index contributed by atoms with van der Waals surface area (Å²) in [5, 5.41) is 4.44. The van der Waals surface area contributed by atoms with E-state index in [1.165, 1.54) is 5.56 Å². The monoisotopic (exact) mass is 424 g/mol. The molecular formula is C25H24N6O. The highest BCUT2D eigenvalue weighted by Gasteiger charge is 2.23. The minimum Gasteiger partial charge on any atom is -0.353 e. The minimum absolute atomic E-state index is 0.0180. The first kappa shape index (κ1) is 19.9. The van der Waals surface area contributed by atoms with Gasteiger partial charge in [-0.3, -0.25) is 14.5 Å². The van der Waals surface area contributed by atoms with Gasteiger partial charge in [-0.2, -0.15) is 5.10 Å². The van der Waals surface area contributed by atoms with Crippen molar-refractivity contribution in [1.82, 2.24) is 24.6 Å². The Kier molecular flexibility index (Phi) is 5.61. The van der Waals surface area contributed by atoms with Crippen molar-refractivity contribution >= 4 is 11.7 Å². The average Bonchev–Trinajstić information content (AvgIpc) is 3.33. The number of carbonyl (C=O) groups is 1. The van der Waals surface area contributed by atoms with Crippen LogP contribution in [0.1, 0.15) is 15.9 Å². The van der Waals surface area contributed by atoms with Crippen LogP contribution < -0.4 is 4.90 Å². The number of rotatable bonds is 5. The zero-order valence-corrected chi connectivity index (χ0v) is 17.7. The quantitative estimate of drug-likeness (QED) is 0.492. The molecular weight excluding hydrogens is 400 g/mol. The maximum absolute atomic E-state index is 12.9. The Bertz CT molecular complexity index is 1170. The maximum Gasteiger partial charge on any atom is 0.255 e. The Morgan fingerprint density at radius 1 is 0.844 bits per heavy atom. The molecule has 0 saturated carbocycles. The topological polar surface area (TPSA) is 67.2 Å². The van der Waals surface area contributed by atoms with Crippen LogP contribution in [0, 0.1) is 0 Å². The second kappa shape index (κ2) is 9.01. The van der Waals surface area contributed by atoms with E-state index < -0.39 is 0 Å². The fourth-order valence-electron chi connectivity index (χ4n) is 3.91. The fraction of sp³-hybridized carbons (Fsp3) is 0.200. The molecule has 0 N–H and O–H groups in total. The van der Waals surface area contributed by atoms with Crippen LogP contribution in [-0.4, -0.2) is 56.7 Å². The molecule has 0 bridgehead atoms. The van der Waals surface area contributed by atoms with E-state index in [1.807, 2.05) is 70.5 Å². The molecule has 0 radical (unpaired) electrons. The van der Waals surface area contributed by atoms with E-state index >= 15 is 0 Å². The van der Waals surface area contributed by atoms with Crippen LogP contribution in [-0.2, 0) is 6.54 Å². The first-order valence-electron chi connectivity index (χ1n) is 10.7. The number of nitrogens with zero attached hydrogens (tertiary/aromatic N) is 6. The van der Waals surface area contributed by atoms with Crippen molar-refractivity contribution < 1.29 is 4.79 Å². The van der Waals surface area contributed by atoms with E-state index in [0.29, 0.717) is 25.2 Å². The van der Waals surface area contributed by atoms with Crippen molar-refractivity contribution in [3.63, 3.8) is 0 Å². The molecule has 0 aliphatic carbocycles. The molecule has 1 aromatic carbocycles. The number of pyridine rings is 2. The van der Waals surface area contributed by atoms with Gasteiger partial charge in [0.25, 0.3) is 5.91 Å². The van der Waals surface area contributed by atoms with Crippen molar-refractivity contribution in [3.8, 4) is 11.3 Å². The van der Waals surface area contributed by atoms with Crippen molar-refractivity contribution in [2.24, 2.45) is 0 Å². The van der Waals surface area contributed by atoms with Gasteiger partial charge in [-0.15, -0.1) is 0 Å². The van der Waals surface area contributed by atoms with Gasteiger partial charge >= 0.3 is 0 Å². The molecule has 4 aromatic rings. The molecule has 0 atom stereocenters. The SMILES string of the molecule is O=C(c1ccc(-c2cnn(Cc3ccccc3)c2)nc1)N1CCN(c2ccccn2)CC1. The first-order chi connectivity index (χ1) is 15.8. The molecule has 3 aromatic heterocycles. The van der Waals surface area contributed by atoms with Gasteiger partial charge in [0.15, 0.2) is 0 Å². The molecule has 4 heterocycles. The molecule has 7 nitrogen and oxygen atoms in total. The summed E-state index contributed by atoms with van der Waals surface area (Å²) >= 11 is 0.